The van der Waals surface area contributed by atoms with Gasteiger partial charge in [-0.2, -0.15) is 5.10 Å². The second-order valence-electron chi connectivity index (χ2n) is 6.20. The van der Waals surface area contributed by atoms with Gasteiger partial charge in [0.25, 0.3) is 6.43 Å². The Labute approximate surface area is 168 Å². The van der Waals surface area contributed by atoms with Crippen LogP contribution in [0.4, 0.5) is 13.2 Å². The van der Waals surface area contributed by atoms with E-state index in [-0.39, 0.29) is 16.6 Å². The SMILES string of the molecule is Cc1nn(-c2ccc(F)cc2)c2nc(-c3ccc(Cl)c(Cl)c3)cc(C(F)F)c12. The molecule has 0 bridgehead atoms. The van der Waals surface area contributed by atoms with Crippen LogP contribution in [0, 0.1) is 12.7 Å². The standard InChI is InChI=1S/C20H12Cl2F3N3/c1-10-18-14(19(24)25)9-17(11-2-7-15(21)16(22)8-11)26-20(18)28(27-10)13-5-3-12(23)4-6-13/h2-9,19H,1H3. The molecule has 2 heterocycles. The summed E-state index contributed by atoms with van der Waals surface area (Å²) in [5, 5.41) is 5.27. The van der Waals surface area contributed by atoms with E-state index < -0.39 is 12.2 Å². The normalized spacial score (nSPS) is 11.5. The van der Waals surface area contributed by atoms with Gasteiger partial charge in [-0.3, -0.25) is 0 Å². The van der Waals surface area contributed by atoms with Gasteiger partial charge in [-0.05, 0) is 49.4 Å². The summed E-state index contributed by atoms with van der Waals surface area (Å²) < 4.78 is 42.3. The Bertz CT molecular complexity index is 1190. The highest BCUT2D eigenvalue weighted by molar-refractivity contribution is 6.42. The van der Waals surface area contributed by atoms with Gasteiger partial charge < -0.3 is 0 Å². The molecule has 0 unspecified atom stereocenters. The fourth-order valence-corrected chi connectivity index (χ4v) is 3.36. The van der Waals surface area contributed by atoms with Gasteiger partial charge in [-0.25, -0.2) is 22.8 Å². The van der Waals surface area contributed by atoms with E-state index in [2.05, 4.69) is 10.1 Å². The zero-order valence-corrected chi connectivity index (χ0v) is 15.9. The van der Waals surface area contributed by atoms with Gasteiger partial charge in [0.2, 0.25) is 0 Å². The summed E-state index contributed by atoms with van der Waals surface area (Å²) in [7, 11) is 0. The second kappa shape index (κ2) is 7.11. The molecular weight excluding hydrogens is 410 g/mol. The lowest BCUT2D eigenvalue weighted by atomic mass is 10.1. The number of benzene rings is 2. The van der Waals surface area contributed by atoms with Crippen molar-refractivity contribution in [3.8, 4) is 16.9 Å². The lowest BCUT2D eigenvalue weighted by Crippen LogP contribution is -2.00. The summed E-state index contributed by atoms with van der Waals surface area (Å²) >= 11 is 12.0. The molecule has 0 saturated carbocycles. The molecule has 2 aromatic heterocycles. The van der Waals surface area contributed by atoms with Crippen molar-refractivity contribution in [2.45, 2.75) is 13.3 Å². The third-order valence-corrected chi connectivity index (χ3v) is 5.10. The number of hydrogen-bond donors (Lipinski definition) is 0. The lowest BCUT2D eigenvalue weighted by Gasteiger charge is -2.09. The van der Waals surface area contributed by atoms with E-state index >= 15 is 0 Å². The van der Waals surface area contributed by atoms with Crippen molar-refractivity contribution < 1.29 is 13.2 Å². The summed E-state index contributed by atoms with van der Waals surface area (Å²) in [6.07, 6.45) is -2.73. The Morgan fingerprint density at radius 3 is 2.32 bits per heavy atom. The zero-order valence-electron chi connectivity index (χ0n) is 14.4. The molecule has 2 aromatic carbocycles. The summed E-state index contributed by atoms with van der Waals surface area (Å²) in [4.78, 5) is 4.55. The van der Waals surface area contributed by atoms with Crippen LogP contribution in [0.3, 0.4) is 0 Å². The van der Waals surface area contributed by atoms with Crippen LogP contribution in [0.2, 0.25) is 10.0 Å². The van der Waals surface area contributed by atoms with Crippen molar-refractivity contribution in [3.05, 3.63) is 75.7 Å². The monoisotopic (exact) mass is 421 g/mol. The predicted octanol–water partition coefficient (Wildman–Crippen LogP) is 6.78. The van der Waals surface area contributed by atoms with Gasteiger partial charge in [0.15, 0.2) is 5.65 Å². The van der Waals surface area contributed by atoms with Crippen LogP contribution in [0.15, 0.2) is 48.5 Å². The molecule has 0 aliphatic rings. The Balaban J connectivity index is 2.01. The van der Waals surface area contributed by atoms with Crippen LogP contribution in [0.5, 0.6) is 0 Å². The van der Waals surface area contributed by atoms with Crippen molar-refractivity contribution in [1.82, 2.24) is 14.8 Å². The fraction of sp³-hybridized carbons (Fsp3) is 0.100. The highest BCUT2D eigenvalue weighted by atomic mass is 35.5. The summed E-state index contributed by atoms with van der Waals surface area (Å²) in [6.45, 7) is 1.63. The van der Waals surface area contributed by atoms with Gasteiger partial charge in [-0.1, -0.05) is 29.3 Å². The molecule has 0 radical (unpaired) electrons. The third kappa shape index (κ3) is 3.23. The minimum Gasteiger partial charge on any atom is -0.228 e. The van der Waals surface area contributed by atoms with E-state index in [1.165, 1.54) is 35.0 Å². The van der Waals surface area contributed by atoms with Gasteiger partial charge in [0.1, 0.15) is 5.82 Å². The Hall–Kier alpha value is -2.57. The molecule has 0 N–H and O–H groups in total. The maximum Gasteiger partial charge on any atom is 0.264 e. The van der Waals surface area contributed by atoms with Gasteiger partial charge >= 0.3 is 0 Å². The van der Waals surface area contributed by atoms with Crippen LogP contribution < -0.4 is 0 Å². The highest BCUT2D eigenvalue weighted by Gasteiger charge is 2.22. The molecule has 28 heavy (non-hydrogen) atoms. The lowest BCUT2D eigenvalue weighted by molar-refractivity contribution is 0.153. The van der Waals surface area contributed by atoms with Crippen molar-refractivity contribution in [3.63, 3.8) is 0 Å². The van der Waals surface area contributed by atoms with Crippen molar-refractivity contribution in [1.29, 1.82) is 0 Å². The maximum absolute atomic E-state index is 13.8. The van der Waals surface area contributed by atoms with Crippen molar-refractivity contribution >= 4 is 34.2 Å². The van der Waals surface area contributed by atoms with Crippen LogP contribution >= 0.6 is 23.2 Å². The first-order valence-corrected chi connectivity index (χ1v) is 9.00. The number of nitrogens with zero attached hydrogens (tertiary/aromatic N) is 3. The zero-order chi connectivity index (χ0) is 20.0. The number of rotatable bonds is 3. The van der Waals surface area contributed by atoms with E-state index in [0.717, 1.165) is 0 Å². The fourth-order valence-electron chi connectivity index (χ4n) is 3.06. The van der Waals surface area contributed by atoms with Gasteiger partial charge in [-0.15, -0.1) is 0 Å². The third-order valence-electron chi connectivity index (χ3n) is 4.36. The summed E-state index contributed by atoms with van der Waals surface area (Å²) in [6, 6.07) is 11.7. The first-order valence-electron chi connectivity index (χ1n) is 8.25. The van der Waals surface area contributed by atoms with Crippen molar-refractivity contribution in [2.75, 3.05) is 0 Å². The minimum absolute atomic E-state index is 0.183. The first-order chi connectivity index (χ1) is 13.3. The Morgan fingerprint density at radius 1 is 0.964 bits per heavy atom. The number of aryl methyl sites for hydroxylation is 1. The number of pyridine rings is 1. The molecule has 0 aliphatic heterocycles. The van der Waals surface area contributed by atoms with Crippen LogP contribution in [0.25, 0.3) is 28.0 Å². The van der Waals surface area contributed by atoms with Crippen LogP contribution in [-0.2, 0) is 0 Å². The molecule has 0 saturated heterocycles. The molecule has 3 nitrogen and oxygen atoms in total. The molecule has 0 atom stereocenters. The molecule has 0 spiro atoms. The van der Waals surface area contributed by atoms with E-state index in [1.54, 1.807) is 25.1 Å². The molecule has 0 fully saturated rings. The van der Waals surface area contributed by atoms with Gasteiger partial charge in [0, 0.05) is 11.1 Å². The van der Waals surface area contributed by atoms with E-state index in [1.807, 2.05) is 0 Å². The topological polar surface area (TPSA) is 30.7 Å². The molecule has 4 aromatic rings. The second-order valence-corrected chi connectivity index (χ2v) is 7.01. The summed E-state index contributed by atoms with van der Waals surface area (Å²) in [5.41, 5.74) is 1.84. The quantitative estimate of drug-likeness (QED) is 0.365. The largest absolute Gasteiger partial charge is 0.264 e. The number of halogens is 5. The number of aromatic nitrogens is 3. The smallest absolute Gasteiger partial charge is 0.228 e. The highest BCUT2D eigenvalue weighted by Crippen LogP contribution is 2.35. The van der Waals surface area contributed by atoms with E-state index in [4.69, 9.17) is 23.2 Å². The van der Waals surface area contributed by atoms with E-state index in [9.17, 15) is 13.2 Å². The van der Waals surface area contributed by atoms with Gasteiger partial charge in [0.05, 0.1) is 32.5 Å². The minimum atomic E-state index is -2.73. The van der Waals surface area contributed by atoms with Crippen molar-refractivity contribution in [2.24, 2.45) is 0 Å². The Kier molecular flexibility index (Phi) is 4.77. The van der Waals surface area contributed by atoms with E-state index in [0.29, 0.717) is 32.7 Å². The molecule has 8 heteroatoms. The molecule has 0 aliphatic carbocycles. The number of hydrogen-bond acceptors (Lipinski definition) is 2. The average Bonchev–Trinajstić information content (AvgIpc) is 3.00. The van der Waals surface area contributed by atoms with Crippen LogP contribution in [0.1, 0.15) is 17.7 Å². The molecule has 4 rings (SSSR count). The first kappa shape index (κ1) is 18.8. The Morgan fingerprint density at radius 2 is 1.68 bits per heavy atom. The number of alkyl halides is 2. The summed E-state index contributed by atoms with van der Waals surface area (Å²) in [5.74, 6) is -0.408. The molecule has 142 valence electrons. The number of fused-ring (bicyclic) bond motifs is 1. The average molecular weight is 422 g/mol. The predicted molar refractivity (Wildman–Crippen MR) is 104 cm³/mol. The van der Waals surface area contributed by atoms with Crippen LogP contribution in [-0.4, -0.2) is 14.8 Å². The maximum atomic E-state index is 13.8. The molecular formula is C20H12Cl2F3N3. The molecule has 0 amide bonds.